The first kappa shape index (κ1) is 18.7. The van der Waals surface area contributed by atoms with Crippen LogP contribution < -0.4 is 5.32 Å². The Bertz CT molecular complexity index is 725. The third kappa shape index (κ3) is 4.97. The molecule has 5 nitrogen and oxygen atoms in total. The van der Waals surface area contributed by atoms with Crippen LogP contribution in [0.15, 0.2) is 47.8 Å². The standard InChI is InChI=1S/C20H26N4OS/c1-15-8-6-7-11-24(15)20(25)16(2)22-18-12-21-13-19(23-18)26-14-17-9-4-3-5-10-17/h3-5,9-10,12-13,15-16H,6-8,11,14H2,1-2H3,(H,22,23). The molecule has 1 amide bonds. The zero-order valence-electron chi connectivity index (χ0n) is 15.4. The van der Waals surface area contributed by atoms with Crippen LogP contribution in [0.1, 0.15) is 38.7 Å². The Labute approximate surface area is 159 Å². The minimum absolute atomic E-state index is 0.140. The van der Waals surface area contributed by atoms with Crippen molar-refractivity contribution in [3.8, 4) is 0 Å². The van der Waals surface area contributed by atoms with Gasteiger partial charge in [0.1, 0.15) is 16.9 Å². The van der Waals surface area contributed by atoms with Gasteiger partial charge < -0.3 is 10.2 Å². The lowest BCUT2D eigenvalue weighted by Gasteiger charge is -2.35. The Hall–Kier alpha value is -2.08. The Morgan fingerprint density at radius 3 is 2.88 bits per heavy atom. The average Bonchev–Trinajstić information content (AvgIpc) is 2.67. The third-order valence-corrected chi connectivity index (χ3v) is 5.63. The quantitative estimate of drug-likeness (QED) is 0.780. The summed E-state index contributed by atoms with van der Waals surface area (Å²) in [6.07, 6.45) is 6.82. The van der Waals surface area contributed by atoms with E-state index in [-0.39, 0.29) is 11.9 Å². The van der Waals surface area contributed by atoms with Gasteiger partial charge in [0.15, 0.2) is 0 Å². The van der Waals surface area contributed by atoms with Crippen LogP contribution in [-0.2, 0) is 10.5 Å². The topological polar surface area (TPSA) is 58.1 Å². The van der Waals surface area contributed by atoms with E-state index >= 15 is 0 Å². The fourth-order valence-corrected chi connectivity index (χ4v) is 3.98. The lowest BCUT2D eigenvalue weighted by Crippen LogP contribution is -2.48. The van der Waals surface area contributed by atoms with E-state index in [1.165, 1.54) is 12.0 Å². The van der Waals surface area contributed by atoms with E-state index in [1.54, 1.807) is 24.2 Å². The molecule has 2 aromatic rings. The number of rotatable bonds is 6. The summed E-state index contributed by atoms with van der Waals surface area (Å²) >= 11 is 1.64. The highest BCUT2D eigenvalue weighted by molar-refractivity contribution is 7.98. The summed E-state index contributed by atoms with van der Waals surface area (Å²) < 4.78 is 0. The molecule has 1 aliphatic heterocycles. The van der Waals surface area contributed by atoms with Crippen LogP contribution in [0.2, 0.25) is 0 Å². The van der Waals surface area contributed by atoms with Gasteiger partial charge in [-0.15, -0.1) is 11.8 Å². The minimum Gasteiger partial charge on any atom is -0.357 e. The van der Waals surface area contributed by atoms with Crippen LogP contribution in [0.25, 0.3) is 0 Å². The molecule has 6 heteroatoms. The highest BCUT2D eigenvalue weighted by atomic mass is 32.2. The lowest BCUT2D eigenvalue weighted by atomic mass is 10.0. The smallest absolute Gasteiger partial charge is 0.245 e. The van der Waals surface area contributed by atoms with E-state index in [2.05, 4.69) is 34.3 Å². The maximum Gasteiger partial charge on any atom is 0.245 e. The molecule has 1 aromatic carbocycles. The highest BCUT2D eigenvalue weighted by Gasteiger charge is 2.27. The number of thioether (sulfide) groups is 1. The lowest BCUT2D eigenvalue weighted by molar-refractivity contribution is -0.134. The predicted octanol–water partition coefficient (Wildman–Crippen LogP) is 3.97. The van der Waals surface area contributed by atoms with Crippen molar-refractivity contribution in [1.29, 1.82) is 0 Å². The molecule has 0 aliphatic carbocycles. The van der Waals surface area contributed by atoms with Gasteiger partial charge in [-0.3, -0.25) is 9.78 Å². The van der Waals surface area contributed by atoms with Crippen molar-refractivity contribution in [1.82, 2.24) is 14.9 Å². The molecule has 1 aromatic heterocycles. The molecule has 2 heterocycles. The summed E-state index contributed by atoms with van der Waals surface area (Å²) in [5.41, 5.74) is 1.25. The molecule has 138 valence electrons. The van der Waals surface area contributed by atoms with Gasteiger partial charge in [0.25, 0.3) is 0 Å². The summed E-state index contributed by atoms with van der Waals surface area (Å²) in [4.78, 5) is 23.6. The van der Waals surface area contributed by atoms with Gasteiger partial charge in [0, 0.05) is 18.3 Å². The number of aromatic nitrogens is 2. The number of amides is 1. The molecule has 0 spiro atoms. The Balaban J connectivity index is 1.58. The Morgan fingerprint density at radius 1 is 1.31 bits per heavy atom. The van der Waals surface area contributed by atoms with Crippen molar-refractivity contribution in [2.24, 2.45) is 0 Å². The summed E-state index contributed by atoms with van der Waals surface area (Å²) in [6, 6.07) is 10.3. The van der Waals surface area contributed by atoms with Crippen molar-refractivity contribution in [3.63, 3.8) is 0 Å². The third-order valence-electron chi connectivity index (χ3n) is 4.66. The first-order valence-corrected chi connectivity index (χ1v) is 10.2. The van der Waals surface area contributed by atoms with Gasteiger partial charge >= 0.3 is 0 Å². The molecular formula is C20H26N4OS. The van der Waals surface area contributed by atoms with E-state index in [0.29, 0.717) is 11.9 Å². The molecule has 26 heavy (non-hydrogen) atoms. The average molecular weight is 371 g/mol. The maximum atomic E-state index is 12.7. The molecule has 2 unspecified atom stereocenters. The SMILES string of the molecule is CC(Nc1cncc(SCc2ccccc2)n1)C(=O)N1CCCCC1C. The molecule has 3 rings (SSSR count). The predicted molar refractivity (Wildman–Crippen MR) is 106 cm³/mol. The van der Waals surface area contributed by atoms with Crippen molar-refractivity contribution in [2.75, 3.05) is 11.9 Å². The van der Waals surface area contributed by atoms with Crippen LogP contribution in [0, 0.1) is 0 Å². The molecule has 0 bridgehead atoms. The number of carbonyl (C=O) groups excluding carboxylic acids is 1. The second-order valence-electron chi connectivity index (χ2n) is 6.76. The molecule has 0 radical (unpaired) electrons. The number of hydrogen-bond donors (Lipinski definition) is 1. The molecule has 1 aliphatic rings. The van der Waals surface area contributed by atoms with Crippen LogP contribution in [0.3, 0.4) is 0 Å². The molecule has 1 N–H and O–H groups in total. The molecular weight excluding hydrogens is 344 g/mol. The second kappa shape index (κ2) is 9.03. The van der Waals surface area contributed by atoms with E-state index in [0.717, 1.165) is 30.2 Å². The summed E-state index contributed by atoms with van der Waals surface area (Å²) in [5, 5.41) is 4.07. The van der Waals surface area contributed by atoms with Gasteiger partial charge in [-0.1, -0.05) is 30.3 Å². The molecule has 1 saturated heterocycles. The first-order chi connectivity index (χ1) is 12.6. The number of carbonyl (C=O) groups is 1. The fourth-order valence-electron chi connectivity index (χ4n) is 3.18. The minimum atomic E-state index is -0.306. The first-order valence-electron chi connectivity index (χ1n) is 9.19. The van der Waals surface area contributed by atoms with Gasteiger partial charge in [0.05, 0.1) is 12.4 Å². The summed E-state index contributed by atoms with van der Waals surface area (Å²) in [7, 11) is 0. The van der Waals surface area contributed by atoms with Crippen molar-refractivity contribution in [3.05, 3.63) is 48.3 Å². The fraction of sp³-hybridized carbons (Fsp3) is 0.450. The van der Waals surface area contributed by atoms with Crippen LogP contribution in [-0.4, -0.2) is 39.4 Å². The van der Waals surface area contributed by atoms with Crippen LogP contribution >= 0.6 is 11.8 Å². The Kier molecular flexibility index (Phi) is 6.50. The van der Waals surface area contributed by atoms with Gasteiger partial charge in [-0.25, -0.2) is 4.98 Å². The van der Waals surface area contributed by atoms with E-state index in [1.807, 2.05) is 30.0 Å². The van der Waals surface area contributed by atoms with Gasteiger partial charge in [0.2, 0.25) is 5.91 Å². The number of piperidine rings is 1. The van der Waals surface area contributed by atoms with Crippen LogP contribution in [0.5, 0.6) is 0 Å². The zero-order valence-corrected chi connectivity index (χ0v) is 16.2. The number of nitrogens with zero attached hydrogens (tertiary/aromatic N) is 3. The van der Waals surface area contributed by atoms with E-state index < -0.39 is 0 Å². The zero-order chi connectivity index (χ0) is 18.4. The summed E-state index contributed by atoms with van der Waals surface area (Å²) in [6.45, 7) is 4.88. The second-order valence-corrected chi connectivity index (χ2v) is 7.75. The number of hydrogen-bond acceptors (Lipinski definition) is 5. The highest BCUT2D eigenvalue weighted by Crippen LogP contribution is 2.22. The number of likely N-dealkylation sites (tertiary alicyclic amines) is 1. The number of anilines is 1. The molecule has 2 atom stereocenters. The maximum absolute atomic E-state index is 12.7. The normalized spacial score (nSPS) is 18.4. The number of benzene rings is 1. The van der Waals surface area contributed by atoms with E-state index in [4.69, 9.17) is 0 Å². The van der Waals surface area contributed by atoms with E-state index in [9.17, 15) is 4.79 Å². The van der Waals surface area contributed by atoms with Crippen molar-refractivity contribution >= 4 is 23.5 Å². The van der Waals surface area contributed by atoms with Crippen LogP contribution in [0.4, 0.5) is 5.82 Å². The molecule has 0 saturated carbocycles. The molecule has 1 fully saturated rings. The summed E-state index contributed by atoms with van der Waals surface area (Å²) in [5.74, 6) is 1.63. The largest absolute Gasteiger partial charge is 0.357 e. The van der Waals surface area contributed by atoms with Gasteiger partial charge in [-0.2, -0.15) is 0 Å². The van der Waals surface area contributed by atoms with Crippen molar-refractivity contribution < 1.29 is 4.79 Å². The monoisotopic (exact) mass is 370 g/mol. The number of nitrogens with one attached hydrogen (secondary N) is 1. The Morgan fingerprint density at radius 2 is 2.12 bits per heavy atom. The van der Waals surface area contributed by atoms with Crippen molar-refractivity contribution in [2.45, 2.75) is 56.0 Å². The van der Waals surface area contributed by atoms with Gasteiger partial charge in [-0.05, 0) is 38.7 Å².